The number of hydrogen-bond acceptors (Lipinski definition) is 3. The van der Waals surface area contributed by atoms with E-state index in [1.165, 1.54) is 24.4 Å². The summed E-state index contributed by atoms with van der Waals surface area (Å²) in [7, 11) is 0. The first-order valence-electron chi connectivity index (χ1n) is 5.62. The van der Waals surface area contributed by atoms with Crippen molar-refractivity contribution in [3.63, 3.8) is 0 Å². The first kappa shape index (κ1) is 13.9. The van der Waals surface area contributed by atoms with Crippen molar-refractivity contribution in [2.75, 3.05) is 0 Å². The van der Waals surface area contributed by atoms with E-state index in [4.69, 9.17) is 17.4 Å². The Kier molecular flexibility index (Phi) is 4.42. The van der Waals surface area contributed by atoms with Crippen LogP contribution in [-0.4, -0.2) is 4.98 Å². The van der Waals surface area contributed by atoms with Gasteiger partial charge in [0.2, 0.25) is 0 Å². The van der Waals surface area contributed by atoms with Crippen LogP contribution >= 0.6 is 11.6 Å². The van der Waals surface area contributed by atoms with Crippen LogP contribution in [0.2, 0.25) is 5.02 Å². The van der Waals surface area contributed by atoms with E-state index in [1.54, 1.807) is 6.07 Å². The molecule has 0 saturated carbocycles. The normalized spacial score (nSPS) is 12.4. The summed E-state index contributed by atoms with van der Waals surface area (Å²) in [6.07, 6.45) is 2.68. The zero-order chi connectivity index (χ0) is 13.8. The van der Waals surface area contributed by atoms with Crippen molar-refractivity contribution in [1.82, 2.24) is 10.4 Å². The number of nitrogens with one attached hydrogen (secondary N) is 1. The molecule has 1 heterocycles. The molecule has 0 spiro atoms. The van der Waals surface area contributed by atoms with Gasteiger partial charge in [-0.05, 0) is 24.6 Å². The Hall–Kier alpha value is -1.56. The lowest BCUT2D eigenvalue weighted by Gasteiger charge is -2.18. The molecule has 1 atom stereocenters. The lowest BCUT2D eigenvalue weighted by atomic mass is 9.99. The zero-order valence-electron chi connectivity index (χ0n) is 9.91. The van der Waals surface area contributed by atoms with Crippen LogP contribution in [-0.2, 0) is 6.42 Å². The molecule has 2 rings (SSSR count). The summed E-state index contributed by atoms with van der Waals surface area (Å²) < 4.78 is 27.4. The van der Waals surface area contributed by atoms with Gasteiger partial charge in [0.25, 0.3) is 0 Å². The van der Waals surface area contributed by atoms with Gasteiger partial charge >= 0.3 is 0 Å². The lowest BCUT2D eigenvalue weighted by molar-refractivity contribution is 0.496. The minimum Gasteiger partial charge on any atom is -0.271 e. The van der Waals surface area contributed by atoms with Gasteiger partial charge in [-0.2, -0.15) is 0 Å². The van der Waals surface area contributed by atoms with Crippen LogP contribution < -0.4 is 11.3 Å². The fourth-order valence-corrected chi connectivity index (χ4v) is 2.10. The van der Waals surface area contributed by atoms with E-state index < -0.39 is 17.7 Å². The highest BCUT2D eigenvalue weighted by Gasteiger charge is 2.18. The van der Waals surface area contributed by atoms with E-state index in [0.29, 0.717) is 11.1 Å². The molecule has 1 unspecified atom stereocenters. The molecular weight excluding hydrogens is 272 g/mol. The molecule has 0 bridgehead atoms. The van der Waals surface area contributed by atoms with Crippen LogP contribution in [0.5, 0.6) is 0 Å². The zero-order valence-corrected chi connectivity index (χ0v) is 10.7. The van der Waals surface area contributed by atoms with Gasteiger partial charge in [-0.3, -0.25) is 16.3 Å². The third kappa shape index (κ3) is 3.07. The largest absolute Gasteiger partial charge is 0.271 e. The minimum atomic E-state index is -0.586. The Labute approximate surface area is 114 Å². The highest BCUT2D eigenvalue weighted by Crippen LogP contribution is 2.26. The van der Waals surface area contributed by atoms with E-state index in [1.807, 2.05) is 0 Å². The first-order valence-corrected chi connectivity index (χ1v) is 5.99. The van der Waals surface area contributed by atoms with Crippen LogP contribution in [0.4, 0.5) is 8.78 Å². The molecule has 3 nitrogen and oxygen atoms in total. The van der Waals surface area contributed by atoms with E-state index in [9.17, 15) is 8.78 Å². The average Bonchev–Trinajstić information content (AvgIpc) is 2.40. The Morgan fingerprint density at radius 1 is 1.26 bits per heavy atom. The maximum Gasteiger partial charge on any atom is 0.146 e. The van der Waals surface area contributed by atoms with Crippen molar-refractivity contribution in [1.29, 1.82) is 0 Å². The Bertz CT molecular complexity index is 557. The fraction of sp³-hybridized carbons (Fsp3) is 0.154. The van der Waals surface area contributed by atoms with Crippen LogP contribution in [0.25, 0.3) is 0 Å². The number of halogens is 3. The molecule has 1 aromatic carbocycles. The number of rotatable bonds is 4. The molecule has 2 aromatic rings. The second-order valence-electron chi connectivity index (χ2n) is 4.02. The van der Waals surface area contributed by atoms with E-state index >= 15 is 0 Å². The van der Waals surface area contributed by atoms with Gasteiger partial charge in [-0.15, -0.1) is 0 Å². The van der Waals surface area contributed by atoms with Crippen molar-refractivity contribution >= 4 is 11.6 Å². The standard InChI is InChI=1S/C13H12ClF2N3/c14-10-2-1-3-11(15)9(10)6-13(19-17)8-4-5-18-7-12(8)16/h1-5,7,13,19H,6,17H2. The van der Waals surface area contributed by atoms with Crippen LogP contribution in [0.15, 0.2) is 36.7 Å². The third-order valence-electron chi connectivity index (χ3n) is 2.85. The van der Waals surface area contributed by atoms with Gasteiger partial charge in [-0.25, -0.2) is 8.78 Å². The highest BCUT2D eigenvalue weighted by molar-refractivity contribution is 6.31. The Morgan fingerprint density at radius 2 is 2.05 bits per heavy atom. The third-order valence-corrected chi connectivity index (χ3v) is 3.20. The van der Waals surface area contributed by atoms with Crippen molar-refractivity contribution in [3.8, 4) is 0 Å². The molecule has 19 heavy (non-hydrogen) atoms. The Balaban J connectivity index is 2.32. The van der Waals surface area contributed by atoms with Crippen molar-refractivity contribution in [3.05, 3.63) is 64.4 Å². The number of hydrazine groups is 1. The molecule has 0 saturated heterocycles. The molecule has 0 radical (unpaired) electrons. The van der Waals surface area contributed by atoms with Crippen LogP contribution in [0, 0.1) is 11.6 Å². The van der Waals surface area contributed by atoms with Crippen molar-refractivity contribution in [2.24, 2.45) is 5.84 Å². The Morgan fingerprint density at radius 3 is 2.68 bits per heavy atom. The molecular formula is C13H12ClF2N3. The molecule has 0 aliphatic rings. The molecule has 6 heteroatoms. The van der Waals surface area contributed by atoms with Crippen molar-refractivity contribution < 1.29 is 8.78 Å². The maximum absolute atomic E-state index is 13.7. The SMILES string of the molecule is NNC(Cc1c(F)cccc1Cl)c1ccncc1F. The molecule has 0 fully saturated rings. The lowest BCUT2D eigenvalue weighted by Crippen LogP contribution is -2.30. The monoisotopic (exact) mass is 283 g/mol. The number of aromatic nitrogens is 1. The van der Waals surface area contributed by atoms with Gasteiger partial charge in [-0.1, -0.05) is 17.7 Å². The summed E-state index contributed by atoms with van der Waals surface area (Å²) in [5, 5.41) is 0.287. The number of pyridine rings is 1. The summed E-state index contributed by atoms with van der Waals surface area (Å²) in [6.45, 7) is 0. The van der Waals surface area contributed by atoms with Gasteiger partial charge < -0.3 is 0 Å². The van der Waals surface area contributed by atoms with Gasteiger partial charge in [0.15, 0.2) is 0 Å². The van der Waals surface area contributed by atoms with E-state index in [0.717, 1.165) is 6.20 Å². The fourth-order valence-electron chi connectivity index (χ4n) is 1.86. The highest BCUT2D eigenvalue weighted by atomic mass is 35.5. The smallest absolute Gasteiger partial charge is 0.146 e. The predicted molar refractivity (Wildman–Crippen MR) is 69.4 cm³/mol. The molecule has 0 aliphatic heterocycles. The molecule has 0 amide bonds. The second kappa shape index (κ2) is 6.06. The first-order chi connectivity index (χ1) is 9.13. The molecule has 0 aliphatic carbocycles. The number of hydrogen-bond donors (Lipinski definition) is 2. The van der Waals surface area contributed by atoms with Crippen LogP contribution in [0.1, 0.15) is 17.2 Å². The van der Waals surface area contributed by atoms with Gasteiger partial charge in [0.05, 0.1) is 12.2 Å². The molecule has 1 aromatic heterocycles. The average molecular weight is 284 g/mol. The second-order valence-corrected chi connectivity index (χ2v) is 4.43. The molecule has 3 N–H and O–H groups in total. The summed E-state index contributed by atoms with van der Waals surface area (Å²) in [5.41, 5.74) is 3.08. The molecule has 100 valence electrons. The summed E-state index contributed by atoms with van der Waals surface area (Å²) in [6, 6.07) is 5.30. The quantitative estimate of drug-likeness (QED) is 0.670. The number of benzene rings is 1. The number of nitrogens with zero attached hydrogens (tertiary/aromatic N) is 1. The van der Waals surface area contributed by atoms with Gasteiger partial charge in [0, 0.05) is 22.3 Å². The predicted octanol–water partition coefficient (Wildman–Crippen LogP) is 2.76. The van der Waals surface area contributed by atoms with E-state index in [-0.39, 0.29) is 11.4 Å². The van der Waals surface area contributed by atoms with Crippen LogP contribution in [0.3, 0.4) is 0 Å². The maximum atomic E-state index is 13.7. The minimum absolute atomic E-state index is 0.142. The topological polar surface area (TPSA) is 50.9 Å². The summed E-state index contributed by atoms with van der Waals surface area (Å²) >= 11 is 5.94. The summed E-state index contributed by atoms with van der Waals surface area (Å²) in [4.78, 5) is 3.66. The number of nitrogens with two attached hydrogens (primary N) is 1. The van der Waals surface area contributed by atoms with Gasteiger partial charge in [0.1, 0.15) is 11.6 Å². The summed E-state index contributed by atoms with van der Waals surface area (Å²) in [5.74, 6) is 4.47. The van der Waals surface area contributed by atoms with Crippen molar-refractivity contribution in [2.45, 2.75) is 12.5 Å². The van der Waals surface area contributed by atoms with E-state index in [2.05, 4.69) is 10.4 Å².